The second-order valence-electron chi connectivity index (χ2n) is 3.60. The van der Waals surface area contributed by atoms with E-state index in [9.17, 15) is 0 Å². The molecule has 4 nitrogen and oxygen atoms in total. The predicted octanol–water partition coefficient (Wildman–Crippen LogP) is 3.39. The van der Waals surface area contributed by atoms with Gasteiger partial charge in [-0.2, -0.15) is 0 Å². The number of ether oxygens (including phenoxy) is 2. The molecule has 2 aromatic rings. The molecule has 0 saturated carbocycles. The zero-order valence-corrected chi connectivity index (χ0v) is 8.83. The first-order valence-corrected chi connectivity index (χ1v) is 5.13. The molecule has 84 valence electrons. The maximum atomic E-state index is 8.48. The second-order valence-corrected chi connectivity index (χ2v) is 3.60. The van der Waals surface area contributed by atoms with Crippen molar-refractivity contribution in [2.75, 3.05) is 0 Å². The average Bonchev–Trinajstić information content (AvgIpc) is 2.36. The Balaban J connectivity index is 2.03. The molecule has 3 rings (SSSR count). The molecular weight excluding hydrogens is 218 g/mol. The standard InChI is InChI=1S/C13H9NO3/c15-14-8-9-5-6-12-13(7-9)17-11-4-2-1-3-10(11)16-12/h1-8,15H. The lowest BCUT2D eigenvalue weighted by atomic mass is 10.2. The molecule has 0 bridgehead atoms. The van der Waals surface area contributed by atoms with Gasteiger partial charge < -0.3 is 14.7 Å². The smallest absolute Gasteiger partial charge is 0.170 e. The summed E-state index contributed by atoms with van der Waals surface area (Å²) in [6.45, 7) is 0. The summed E-state index contributed by atoms with van der Waals surface area (Å²) in [6.07, 6.45) is 1.34. The molecule has 0 amide bonds. The number of nitrogens with zero attached hydrogens (tertiary/aromatic N) is 1. The zero-order valence-electron chi connectivity index (χ0n) is 8.83. The zero-order chi connectivity index (χ0) is 11.7. The van der Waals surface area contributed by atoms with Gasteiger partial charge in [-0.15, -0.1) is 0 Å². The van der Waals surface area contributed by atoms with E-state index < -0.39 is 0 Å². The SMILES string of the molecule is ON=Cc1ccc2c(c1)Oc1ccccc1O2. The van der Waals surface area contributed by atoms with Crippen molar-refractivity contribution < 1.29 is 14.7 Å². The fraction of sp³-hybridized carbons (Fsp3) is 0. The third-order valence-electron chi connectivity index (χ3n) is 2.46. The quantitative estimate of drug-likeness (QED) is 0.394. The molecule has 0 unspecified atom stereocenters. The van der Waals surface area contributed by atoms with Crippen molar-refractivity contribution in [1.82, 2.24) is 0 Å². The highest BCUT2D eigenvalue weighted by Gasteiger charge is 2.17. The summed E-state index contributed by atoms with van der Waals surface area (Å²) in [4.78, 5) is 0. The van der Waals surface area contributed by atoms with Gasteiger partial charge in [0.2, 0.25) is 0 Å². The van der Waals surface area contributed by atoms with Crippen molar-refractivity contribution in [3.05, 3.63) is 48.0 Å². The van der Waals surface area contributed by atoms with E-state index in [1.54, 1.807) is 18.2 Å². The summed E-state index contributed by atoms with van der Waals surface area (Å²) in [5, 5.41) is 11.5. The van der Waals surface area contributed by atoms with Gasteiger partial charge in [0.25, 0.3) is 0 Å². The maximum Gasteiger partial charge on any atom is 0.170 e. The molecule has 4 heteroatoms. The minimum atomic E-state index is 0.612. The Labute approximate surface area is 97.7 Å². The lowest BCUT2D eigenvalue weighted by Crippen LogP contribution is -1.99. The van der Waals surface area contributed by atoms with Crippen molar-refractivity contribution in [2.24, 2.45) is 5.16 Å². The van der Waals surface area contributed by atoms with Crippen LogP contribution >= 0.6 is 0 Å². The fourth-order valence-corrected chi connectivity index (χ4v) is 1.69. The summed E-state index contributed by atoms with van der Waals surface area (Å²) in [5.41, 5.74) is 0.745. The van der Waals surface area contributed by atoms with Gasteiger partial charge in [-0.05, 0) is 30.3 Å². The summed E-state index contributed by atoms with van der Waals surface area (Å²) in [7, 11) is 0. The van der Waals surface area contributed by atoms with Gasteiger partial charge in [0.15, 0.2) is 23.0 Å². The second kappa shape index (κ2) is 3.83. The molecule has 2 aromatic carbocycles. The number of oxime groups is 1. The molecule has 0 radical (unpaired) electrons. The number of rotatable bonds is 1. The highest BCUT2D eigenvalue weighted by atomic mass is 16.6. The van der Waals surface area contributed by atoms with Gasteiger partial charge in [-0.3, -0.25) is 0 Å². The van der Waals surface area contributed by atoms with Crippen molar-refractivity contribution >= 4 is 6.21 Å². The fourth-order valence-electron chi connectivity index (χ4n) is 1.69. The van der Waals surface area contributed by atoms with Crippen LogP contribution in [-0.2, 0) is 0 Å². The van der Waals surface area contributed by atoms with E-state index in [2.05, 4.69) is 5.16 Å². The number of hydrogen-bond acceptors (Lipinski definition) is 4. The number of para-hydroxylation sites is 2. The normalized spacial score (nSPS) is 12.5. The van der Waals surface area contributed by atoms with E-state index in [0.29, 0.717) is 23.0 Å². The van der Waals surface area contributed by atoms with Crippen LogP contribution in [-0.4, -0.2) is 11.4 Å². The van der Waals surface area contributed by atoms with Crippen LogP contribution in [0.25, 0.3) is 0 Å². The van der Waals surface area contributed by atoms with Crippen molar-refractivity contribution in [3.8, 4) is 23.0 Å². The first-order valence-electron chi connectivity index (χ1n) is 5.13. The van der Waals surface area contributed by atoms with Crippen LogP contribution in [0.2, 0.25) is 0 Å². The molecule has 0 aliphatic carbocycles. The van der Waals surface area contributed by atoms with Gasteiger partial charge in [-0.25, -0.2) is 0 Å². The Bertz CT molecular complexity index is 593. The van der Waals surface area contributed by atoms with E-state index in [0.717, 1.165) is 5.56 Å². The molecule has 1 N–H and O–H groups in total. The minimum Gasteiger partial charge on any atom is -0.450 e. The van der Waals surface area contributed by atoms with Crippen LogP contribution in [0.3, 0.4) is 0 Å². The van der Waals surface area contributed by atoms with Gasteiger partial charge in [0.05, 0.1) is 6.21 Å². The molecule has 1 aliphatic rings. The Kier molecular flexibility index (Phi) is 2.19. The summed E-state index contributed by atoms with van der Waals surface area (Å²) in [5.74, 6) is 2.64. The lowest BCUT2D eigenvalue weighted by Gasteiger charge is -2.20. The molecule has 0 fully saturated rings. The van der Waals surface area contributed by atoms with E-state index >= 15 is 0 Å². The Hall–Kier alpha value is -2.49. The van der Waals surface area contributed by atoms with Gasteiger partial charge >= 0.3 is 0 Å². The van der Waals surface area contributed by atoms with Crippen LogP contribution in [0.5, 0.6) is 23.0 Å². The van der Waals surface area contributed by atoms with Crippen LogP contribution in [0.15, 0.2) is 47.6 Å². The highest BCUT2D eigenvalue weighted by molar-refractivity contribution is 5.80. The van der Waals surface area contributed by atoms with Crippen LogP contribution in [0, 0.1) is 0 Å². The third-order valence-corrected chi connectivity index (χ3v) is 2.46. The molecule has 0 spiro atoms. The third kappa shape index (κ3) is 1.69. The van der Waals surface area contributed by atoms with Crippen molar-refractivity contribution in [3.63, 3.8) is 0 Å². The van der Waals surface area contributed by atoms with Crippen LogP contribution in [0.1, 0.15) is 5.56 Å². The van der Waals surface area contributed by atoms with Gasteiger partial charge in [0.1, 0.15) is 0 Å². The van der Waals surface area contributed by atoms with Crippen LogP contribution in [0.4, 0.5) is 0 Å². The summed E-state index contributed by atoms with van der Waals surface area (Å²) in [6, 6.07) is 12.8. The van der Waals surface area contributed by atoms with E-state index in [-0.39, 0.29) is 0 Å². The predicted molar refractivity (Wildman–Crippen MR) is 62.4 cm³/mol. The van der Waals surface area contributed by atoms with E-state index in [1.807, 2.05) is 24.3 Å². The Morgan fingerprint density at radius 2 is 1.53 bits per heavy atom. The highest BCUT2D eigenvalue weighted by Crippen LogP contribution is 2.44. The van der Waals surface area contributed by atoms with Crippen LogP contribution < -0.4 is 9.47 Å². The topological polar surface area (TPSA) is 51.1 Å². The monoisotopic (exact) mass is 227 g/mol. The first kappa shape index (κ1) is 9.72. The summed E-state index contributed by atoms with van der Waals surface area (Å²) >= 11 is 0. The molecule has 1 aliphatic heterocycles. The van der Waals surface area contributed by atoms with E-state index in [1.165, 1.54) is 6.21 Å². The number of fused-ring (bicyclic) bond motifs is 2. The summed E-state index contributed by atoms with van der Waals surface area (Å²) < 4.78 is 11.4. The maximum absolute atomic E-state index is 8.48. The molecule has 0 saturated heterocycles. The first-order chi connectivity index (χ1) is 8.36. The average molecular weight is 227 g/mol. The van der Waals surface area contributed by atoms with Crippen molar-refractivity contribution in [1.29, 1.82) is 0 Å². The molecule has 0 aromatic heterocycles. The Morgan fingerprint density at radius 3 is 2.24 bits per heavy atom. The largest absolute Gasteiger partial charge is 0.450 e. The lowest BCUT2D eigenvalue weighted by molar-refractivity contribution is 0.321. The molecule has 0 atom stereocenters. The molecule has 17 heavy (non-hydrogen) atoms. The van der Waals surface area contributed by atoms with E-state index in [4.69, 9.17) is 14.7 Å². The van der Waals surface area contributed by atoms with Gasteiger partial charge in [-0.1, -0.05) is 17.3 Å². The molecule has 1 heterocycles. The van der Waals surface area contributed by atoms with Gasteiger partial charge in [0, 0.05) is 5.56 Å². The minimum absolute atomic E-state index is 0.612. The molecular formula is C13H9NO3. The number of benzene rings is 2. The van der Waals surface area contributed by atoms with Crippen molar-refractivity contribution in [2.45, 2.75) is 0 Å². The Morgan fingerprint density at radius 1 is 0.882 bits per heavy atom. The number of hydrogen-bond donors (Lipinski definition) is 1.